The van der Waals surface area contributed by atoms with Gasteiger partial charge in [0.2, 0.25) is 0 Å². The molecule has 0 fully saturated rings. The number of aromatic nitrogens is 1. The Bertz CT molecular complexity index is 1220. The summed E-state index contributed by atoms with van der Waals surface area (Å²) in [5, 5.41) is 0. The average molecular weight is 414 g/mol. The number of alkyl halides is 3. The van der Waals surface area contributed by atoms with Gasteiger partial charge in [0, 0.05) is 18.9 Å². The lowest BCUT2D eigenvalue weighted by molar-refractivity contribution is -0.137. The van der Waals surface area contributed by atoms with Gasteiger partial charge in [0.25, 0.3) is 5.91 Å². The van der Waals surface area contributed by atoms with Crippen LogP contribution >= 0.6 is 11.3 Å². The number of hydrogen-bond donors (Lipinski definition) is 0. The summed E-state index contributed by atoms with van der Waals surface area (Å²) in [6, 6.07) is 8.55. The molecule has 0 spiro atoms. The Hall–Kier alpha value is -2.46. The second-order valence-electron chi connectivity index (χ2n) is 5.84. The van der Waals surface area contributed by atoms with Crippen LogP contribution in [-0.4, -0.2) is 25.1 Å². The number of sulfone groups is 1. The van der Waals surface area contributed by atoms with Crippen molar-refractivity contribution in [3.05, 3.63) is 58.4 Å². The highest BCUT2D eigenvalue weighted by molar-refractivity contribution is 7.90. The van der Waals surface area contributed by atoms with E-state index in [2.05, 4.69) is 4.99 Å². The first kappa shape index (κ1) is 19.3. The number of rotatable bonds is 2. The topological polar surface area (TPSA) is 68.5 Å². The minimum Gasteiger partial charge on any atom is -0.319 e. The molecular weight excluding hydrogens is 401 g/mol. The molecule has 1 amide bonds. The number of benzene rings is 2. The van der Waals surface area contributed by atoms with E-state index in [0.717, 1.165) is 35.8 Å². The normalized spacial score (nSPS) is 13.3. The molecule has 0 saturated heterocycles. The van der Waals surface area contributed by atoms with Crippen molar-refractivity contribution in [2.24, 2.45) is 12.0 Å². The van der Waals surface area contributed by atoms with E-state index in [9.17, 15) is 26.4 Å². The maximum Gasteiger partial charge on any atom is 0.416 e. The van der Waals surface area contributed by atoms with Crippen molar-refractivity contribution in [1.29, 1.82) is 0 Å². The number of nitrogens with zero attached hydrogens (tertiary/aromatic N) is 2. The van der Waals surface area contributed by atoms with Gasteiger partial charge in [-0.05, 0) is 36.4 Å². The average Bonchev–Trinajstić information content (AvgIpc) is 2.89. The molecule has 0 bridgehead atoms. The molecule has 10 heteroatoms. The summed E-state index contributed by atoms with van der Waals surface area (Å²) < 4.78 is 63.9. The van der Waals surface area contributed by atoms with E-state index in [-0.39, 0.29) is 15.3 Å². The zero-order valence-corrected chi connectivity index (χ0v) is 15.7. The van der Waals surface area contributed by atoms with Crippen LogP contribution in [-0.2, 0) is 23.1 Å². The molecule has 3 aromatic rings. The minimum atomic E-state index is -4.55. The number of hydrogen-bond acceptors (Lipinski definition) is 4. The third-order valence-electron chi connectivity index (χ3n) is 3.84. The fraction of sp³-hybridized carbons (Fsp3) is 0.176. The van der Waals surface area contributed by atoms with Gasteiger partial charge in [-0.2, -0.15) is 18.2 Å². The Morgan fingerprint density at radius 2 is 1.85 bits per heavy atom. The molecule has 0 saturated carbocycles. The van der Waals surface area contributed by atoms with Gasteiger partial charge in [-0.25, -0.2) is 8.42 Å². The van der Waals surface area contributed by atoms with Crippen molar-refractivity contribution < 1.29 is 26.4 Å². The van der Waals surface area contributed by atoms with E-state index in [4.69, 9.17) is 0 Å². The van der Waals surface area contributed by atoms with E-state index >= 15 is 0 Å². The summed E-state index contributed by atoms with van der Waals surface area (Å²) in [6.45, 7) is 0. The predicted octanol–water partition coefficient (Wildman–Crippen LogP) is 3.40. The number of halogens is 3. The van der Waals surface area contributed by atoms with E-state index in [1.165, 1.54) is 18.2 Å². The van der Waals surface area contributed by atoms with Crippen molar-refractivity contribution in [3.63, 3.8) is 0 Å². The number of amides is 1. The number of aryl methyl sites for hydroxylation is 1. The van der Waals surface area contributed by atoms with Crippen molar-refractivity contribution in [2.45, 2.75) is 11.1 Å². The molecule has 0 N–H and O–H groups in total. The molecule has 1 heterocycles. The van der Waals surface area contributed by atoms with E-state index < -0.39 is 27.5 Å². The molecule has 0 aliphatic carbocycles. The maximum atomic E-state index is 12.8. The van der Waals surface area contributed by atoms with Crippen LogP contribution in [0.5, 0.6) is 0 Å². The lowest BCUT2D eigenvalue weighted by Gasteiger charge is -2.06. The first-order valence-electron chi connectivity index (χ1n) is 7.53. The van der Waals surface area contributed by atoms with Crippen molar-refractivity contribution in [2.75, 3.05) is 6.26 Å². The van der Waals surface area contributed by atoms with Crippen LogP contribution in [0.15, 0.2) is 52.4 Å². The second kappa shape index (κ2) is 6.61. The van der Waals surface area contributed by atoms with Gasteiger partial charge < -0.3 is 4.57 Å². The Labute approximate surface area is 156 Å². The van der Waals surface area contributed by atoms with Crippen LogP contribution in [0, 0.1) is 0 Å². The SMILES string of the molecule is Cn1c(=NC(=O)c2cccc(C(F)(F)F)c2)sc2cc(S(C)(=O)=O)ccc21. The first-order chi connectivity index (χ1) is 12.5. The molecule has 0 aliphatic heterocycles. The molecule has 3 rings (SSSR count). The standard InChI is InChI=1S/C17H13F3N2O3S2/c1-22-13-7-6-12(27(2,24)25)9-14(13)26-16(22)21-15(23)10-4-3-5-11(8-10)17(18,19)20/h3-9H,1-2H3. The third kappa shape index (κ3) is 3.96. The van der Waals surface area contributed by atoms with E-state index in [1.54, 1.807) is 17.7 Å². The number of fused-ring (bicyclic) bond motifs is 1. The monoisotopic (exact) mass is 414 g/mol. The van der Waals surface area contributed by atoms with Crippen LogP contribution in [0.25, 0.3) is 10.2 Å². The Kier molecular flexibility index (Phi) is 4.73. The third-order valence-corrected chi connectivity index (χ3v) is 6.05. The highest BCUT2D eigenvalue weighted by Gasteiger charge is 2.30. The summed E-state index contributed by atoms with van der Waals surface area (Å²) in [6.07, 6.45) is -3.47. The minimum absolute atomic E-state index is 0.132. The zero-order chi connectivity index (χ0) is 20.0. The van der Waals surface area contributed by atoms with Gasteiger partial charge in [-0.15, -0.1) is 0 Å². The number of carbonyl (C=O) groups is 1. The molecule has 0 unspecified atom stereocenters. The molecule has 0 radical (unpaired) electrons. The molecule has 142 valence electrons. The fourth-order valence-electron chi connectivity index (χ4n) is 2.43. The Morgan fingerprint density at radius 1 is 1.15 bits per heavy atom. The largest absolute Gasteiger partial charge is 0.416 e. The maximum absolute atomic E-state index is 12.8. The van der Waals surface area contributed by atoms with Crippen LogP contribution < -0.4 is 4.80 Å². The van der Waals surface area contributed by atoms with Gasteiger partial charge in [0.1, 0.15) is 0 Å². The molecule has 2 aromatic carbocycles. The van der Waals surface area contributed by atoms with Gasteiger partial charge >= 0.3 is 6.18 Å². The number of carbonyl (C=O) groups excluding carboxylic acids is 1. The second-order valence-corrected chi connectivity index (χ2v) is 8.87. The lowest BCUT2D eigenvalue weighted by atomic mass is 10.1. The summed E-state index contributed by atoms with van der Waals surface area (Å²) in [5.74, 6) is -0.813. The summed E-state index contributed by atoms with van der Waals surface area (Å²) in [5.41, 5.74) is -0.454. The molecule has 27 heavy (non-hydrogen) atoms. The molecule has 1 aromatic heterocycles. The van der Waals surface area contributed by atoms with E-state index in [0.29, 0.717) is 10.2 Å². The lowest BCUT2D eigenvalue weighted by Crippen LogP contribution is -2.14. The van der Waals surface area contributed by atoms with Gasteiger partial charge in [0.05, 0.1) is 20.7 Å². The first-order valence-corrected chi connectivity index (χ1v) is 10.2. The molecule has 5 nitrogen and oxygen atoms in total. The number of thiazole rings is 1. The van der Waals surface area contributed by atoms with Crippen LogP contribution in [0.4, 0.5) is 13.2 Å². The predicted molar refractivity (Wildman–Crippen MR) is 95.2 cm³/mol. The summed E-state index contributed by atoms with van der Waals surface area (Å²) in [7, 11) is -1.75. The quantitative estimate of drug-likeness (QED) is 0.645. The summed E-state index contributed by atoms with van der Waals surface area (Å²) in [4.78, 5) is 16.6. The smallest absolute Gasteiger partial charge is 0.319 e. The highest BCUT2D eigenvalue weighted by Crippen LogP contribution is 2.29. The molecular formula is C17H13F3N2O3S2. The van der Waals surface area contributed by atoms with Gasteiger partial charge in [-0.1, -0.05) is 17.4 Å². The molecule has 0 atom stereocenters. The van der Waals surface area contributed by atoms with Crippen LogP contribution in [0.2, 0.25) is 0 Å². The van der Waals surface area contributed by atoms with E-state index in [1.807, 2.05) is 0 Å². The van der Waals surface area contributed by atoms with Crippen molar-refractivity contribution in [1.82, 2.24) is 4.57 Å². The fourth-order valence-corrected chi connectivity index (χ4v) is 4.21. The van der Waals surface area contributed by atoms with Gasteiger partial charge in [-0.3, -0.25) is 4.79 Å². The molecule has 0 aliphatic rings. The Morgan fingerprint density at radius 3 is 2.48 bits per heavy atom. The zero-order valence-electron chi connectivity index (χ0n) is 14.1. The van der Waals surface area contributed by atoms with Crippen LogP contribution in [0.1, 0.15) is 15.9 Å². The summed E-state index contributed by atoms with van der Waals surface area (Å²) >= 11 is 1.08. The Balaban J connectivity index is 2.08. The van der Waals surface area contributed by atoms with Crippen molar-refractivity contribution >= 4 is 37.3 Å². The van der Waals surface area contributed by atoms with Crippen LogP contribution in [0.3, 0.4) is 0 Å². The van der Waals surface area contributed by atoms with Gasteiger partial charge in [0.15, 0.2) is 14.6 Å². The van der Waals surface area contributed by atoms with Crippen molar-refractivity contribution in [3.8, 4) is 0 Å². The highest BCUT2D eigenvalue weighted by atomic mass is 32.2.